The molecular weight excluding hydrogens is 615 g/mol. The largest absolute Gasteiger partial charge is 0.495 e. The number of hydrogen-bond donors (Lipinski definition) is 4. The molecule has 6 N–H and O–H groups in total. The highest BCUT2D eigenvalue weighted by atomic mass is 35.5. The Kier molecular flexibility index (Phi) is 13.0. The van der Waals surface area contributed by atoms with Gasteiger partial charge >= 0.3 is 7.12 Å². The average Bonchev–Trinajstić information content (AvgIpc) is 3.10. The van der Waals surface area contributed by atoms with E-state index in [1.54, 1.807) is 25.7 Å². The Bertz CT molecular complexity index is 1540. The summed E-state index contributed by atoms with van der Waals surface area (Å²) in [5, 5.41) is 17.8. The standard InChI is InChI=1S/C15H18N4O2.C9H12ClN3O.C6H8BNO3/c1-20-13-6-11(8-17-10-13)15-14(16)7-12(9-18-15)19-2-4-21-5-3-19;10-9-8(11)5-7(6-12-9)13-1-3-14-4-2-13;1-11-6-2-5(7(9)10)3-8-4-6/h6-10H,2-5,16H2,1H3;5-6H,1-4,11H2;2-4,9-10H,1H3. The van der Waals surface area contributed by atoms with E-state index in [2.05, 4.69) is 29.7 Å². The normalized spacial score (nSPS) is 14.3. The van der Waals surface area contributed by atoms with Crippen LogP contribution in [0.15, 0.2) is 61.4 Å². The van der Waals surface area contributed by atoms with Gasteiger partial charge in [-0.05, 0) is 24.3 Å². The molecule has 6 heterocycles. The number of nitrogen functional groups attached to an aromatic ring is 2. The van der Waals surface area contributed by atoms with Crippen LogP contribution in [0.5, 0.6) is 11.5 Å². The van der Waals surface area contributed by atoms with E-state index in [4.69, 9.17) is 52.1 Å². The topological polar surface area (TPSA) is 187 Å². The number of aromatic nitrogens is 4. The molecule has 0 amide bonds. The number of hydrogen-bond acceptors (Lipinski definition) is 14. The molecule has 0 atom stereocenters. The molecule has 2 fully saturated rings. The minimum absolute atomic E-state index is 0.323. The summed E-state index contributed by atoms with van der Waals surface area (Å²) in [7, 11) is 1.61. The molecule has 4 aromatic heterocycles. The van der Waals surface area contributed by atoms with E-state index >= 15 is 0 Å². The molecule has 0 saturated carbocycles. The van der Waals surface area contributed by atoms with E-state index in [-0.39, 0.29) is 0 Å². The van der Waals surface area contributed by atoms with Gasteiger partial charge in [-0.3, -0.25) is 15.0 Å². The van der Waals surface area contributed by atoms with Crippen molar-refractivity contribution in [3.63, 3.8) is 0 Å². The quantitative estimate of drug-likeness (QED) is 0.173. The fourth-order valence-corrected chi connectivity index (χ4v) is 4.61. The van der Waals surface area contributed by atoms with E-state index in [1.807, 2.05) is 24.4 Å². The number of pyridine rings is 4. The lowest BCUT2D eigenvalue weighted by atomic mass is 9.82. The molecule has 0 aliphatic carbocycles. The maximum atomic E-state index is 8.70. The number of nitrogens with zero attached hydrogens (tertiary/aromatic N) is 6. The fraction of sp³-hybridized carbons (Fsp3) is 0.333. The highest BCUT2D eigenvalue weighted by Crippen LogP contribution is 2.29. The minimum atomic E-state index is -1.49. The smallest absolute Gasteiger partial charge is 0.490 e. The monoisotopic (exact) mass is 652 g/mol. The van der Waals surface area contributed by atoms with Gasteiger partial charge < -0.3 is 50.3 Å². The van der Waals surface area contributed by atoms with E-state index in [0.29, 0.717) is 33.5 Å². The highest BCUT2D eigenvalue weighted by molar-refractivity contribution is 6.58. The van der Waals surface area contributed by atoms with Crippen LogP contribution in [0.2, 0.25) is 5.15 Å². The van der Waals surface area contributed by atoms with Crippen LogP contribution in [0.3, 0.4) is 0 Å². The van der Waals surface area contributed by atoms with Gasteiger partial charge in [0.15, 0.2) is 5.15 Å². The van der Waals surface area contributed by atoms with Crippen molar-refractivity contribution in [1.29, 1.82) is 0 Å². The van der Waals surface area contributed by atoms with Gasteiger partial charge in [-0.15, -0.1) is 0 Å². The number of ether oxygens (including phenoxy) is 4. The third-order valence-electron chi connectivity index (χ3n) is 7.00. The molecule has 0 unspecified atom stereocenters. The van der Waals surface area contributed by atoms with Gasteiger partial charge in [-0.25, -0.2) is 4.98 Å². The summed E-state index contributed by atoms with van der Waals surface area (Å²) in [6, 6.07) is 7.19. The maximum Gasteiger partial charge on any atom is 0.490 e. The molecule has 2 aliphatic heterocycles. The fourth-order valence-electron chi connectivity index (χ4n) is 4.50. The third kappa shape index (κ3) is 9.80. The zero-order chi connectivity index (χ0) is 32.9. The number of rotatable bonds is 6. The Hall–Kier alpha value is -4.41. The summed E-state index contributed by atoms with van der Waals surface area (Å²) in [6.45, 7) is 6.46. The molecule has 46 heavy (non-hydrogen) atoms. The summed E-state index contributed by atoms with van der Waals surface area (Å²) in [5.74, 6) is 1.20. The number of methoxy groups -OCH3 is 2. The molecule has 6 rings (SSSR count). The van der Waals surface area contributed by atoms with Crippen molar-refractivity contribution < 1.29 is 29.0 Å². The lowest BCUT2D eigenvalue weighted by Gasteiger charge is -2.28. The van der Waals surface area contributed by atoms with Gasteiger partial charge in [0.25, 0.3) is 0 Å². The maximum absolute atomic E-state index is 8.70. The van der Waals surface area contributed by atoms with Crippen LogP contribution in [0, 0.1) is 0 Å². The second kappa shape index (κ2) is 17.3. The van der Waals surface area contributed by atoms with Crippen LogP contribution in [-0.2, 0) is 9.47 Å². The van der Waals surface area contributed by atoms with Gasteiger partial charge in [0.05, 0.1) is 93.9 Å². The van der Waals surface area contributed by atoms with Crippen LogP contribution >= 0.6 is 11.6 Å². The SMILES string of the molecule is COc1cncc(-c2ncc(N3CCOCC3)cc2N)c1.COc1cncc(B(O)O)c1.Nc1cc(N2CCOCC2)cnc1Cl. The summed E-state index contributed by atoms with van der Waals surface area (Å²) in [5.41, 5.74) is 16.9. The summed E-state index contributed by atoms with van der Waals surface area (Å²) < 4.78 is 20.6. The van der Waals surface area contributed by atoms with Crippen LogP contribution < -0.4 is 36.2 Å². The third-order valence-corrected chi connectivity index (χ3v) is 7.31. The molecule has 2 saturated heterocycles. The first-order valence-electron chi connectivity index (χ1n) is 14.5. The average molecular weight is 653 g/mol. The molecule has 0 radical (unpaired) electrons. The molecule has 14 nitrogen and oxygen atoms in total. The highest BCUT2D eigenvalue weighted by Gasteiger charge is 2.15. The number of nitrogens with two attached hydrogens (primary N) is 2. The summed E-state index contributed by atoms with van der Waals surface area (Å²) >= 11 is 5.74. The second-order valence-corrected chi connectivity index (χ2v) is 10.4. The van der Waals surface area contributed by atoms with E-state index in [9.17, 15) is 0 Å². The van der Waals surface area contributed by atoms with Crippen LogP contribution in [0.25, 0.3) is 11.3 Å². The second-order valence-electron chi connectivity index (χ2n) is 10.0. The Morgan fingerprint density at radius 2 is 1.24 bits per heavy atom. The Morgan fingerprint density at radius 3 is 1.76 bits per heavy atom. The van der Waals surface area contributed by atoms with Crippen molar-refractivity contribution in [3.05, 3.63) is 66.6 Å². The van der Waals surface area contributed by atoms with E-state index < -0.39 is 7.12 Å². The van der Waals surface area contributed by atoms with Crippen LogP contribution in [-0.4, -0.2) is 104 Å². The van der Waals surface area contributed by atoms with Crippen molar-refractivity contribution in [2.45, 2.75) is 0 Å². The molecule has 0 spiro atoms. The molecule has 4 aromatic rings. The van der Waals surface area contributed by atoms with Gasteiger partial charge in [0.1, 0.15) is 11.5 Å². The van der Waals surface area contributed by atoms with Crippen molar-refractivity contribution in [1.82, 2.24) is 19.9 Å². The van der Waals surface area contributed by atoms with Crippen molar-refractivity contribution in [3.8, 4) is 22.8 Å². The number of morpholine rings is 2. The predicted molar refractivity (Wildman–Crippen MR) is 179 cm³/mol. The van der Waals surface area contributed by atoms with Crippen molar-refractivity contribution in [2.75, 3.05) is 88.1 Å². The van der Waals surface area contributed by atoms with Gasteiger partial charge in [-0.2, -0.15) is 0 Å². The van der Waals surface area contributed by atoms with E-state index in [0.717, 1.165) is 75.2 Å². The van der Waals surface area contributed by atoms with E-state index in [1.165, 1.54) is 25.6 Å². The Labute approximate surface area is 273 Å². The van der Waals surface area contributed by atoms with Crippen molar-refractivity contribution >= 4 is 46.9 Å². The zero-order valence-electron chi connectivity index (χ0n) is 25.8. The van der Waals surface area contributed by atoms with Gasteiger partial charge in [0.2, 0.25) is 0 Å². The minimum Gasteiger partial charge on any atom is -0.495 e. The number of anilines is 4. The van der Waals surface area contributed by atoms with Crippen molar-refractivity contribution in [2.24, 2.45) is 0 Å². The van der Waals surface area contributed by atoms with Gasteiger partial charge in [-0.1, -0.05) is 11.6 Å². The molecule has 16 heteroatoms. The molecule has 2 aliphatic rings. The zero-order valence-corrected chi connectivity index (χ0v) is 26.5. The van der Waals surface area contributed by atoms with Gasteiger partial charge in [0, 0.05) is 49.6 Å². The summed E-state index contributed by atoms with van der Waals surface area (Å²) in [4.78, 5) is 20.8. The molecule has 0 bridgehead atoms. The first-order valence-corrected chi connectivity index (χ1v) is 14.8. The lowest BCUT2D eigenvalue weighted by molar-refractivity contribution is 0.122. The Balaban J connectivity index is 0.000000167. The number of halogens is 1. The van der Waals surface area contributed by atoms with Crippen LogP contribution in [0.4, 0.5) is 22.7 Å². The van der Waals surface area contributed by atoms with Crippen LogP contribution in [0.1, 0.15) is 0 Å². The molecular formula is C30H38BClN8O6. The first-order chi connectivity index (χ1) is 22.3. The predicted octanol–water partition coefficient (Wildman–Crippen LogP) is 1.49. The molecule has 0 aromatic carbocycles. The lowest BCUT2D eigenvalue weighted by Crippen LogP contribution is -2.36. The Morgan fingerprint density at radius 1 is 0.717 bits per heavy atom. The molecule has 244 valence electrons. The summed E-state index contributed by atoms with van der Waals surface area (Å²) in [6.07, 6.45) is 9.83. The first kappa shape index (κ1) is 34.5.